The Bertz CT molecular complexity index is 700. The number of aliphatic hydroxyl groups is 3. The molecule has 1 fully saturated rings. The molecule has 0 radical (unpaired) electrons. The molecule has 0 aliphatic carbocycles. The molecule has 0 bridgehead atoms. The molecular weight excluding hydrogens is 352 g/mol. The summed E-state index contributed by atoms with van der Waals surface area (Å²) < 4.78 is 15.6. The van der Waals surface area contributed by atoms with Crippen molar-refractivity contribution in [3.8, 4) is 11.5 Å². The summed E-state index contributed by atoms with van der Waals surface area (Å²) in [5.74, 6) is -2.49. The Morgan fingerprint density at radius 1 is 1.08 bits per heavy atom. The van der Waals surface area contributed by atoms with Crippen LogP contribution >= 0.6 is 0 Å². The largest absolute Gasteiger partial charge is 0.493 e. The first-order valence-electron chi connectivity index (χ1n) is 7.42. The van der Waals surface area contributed by atoms with Crippen LogP contribution in [0, 0.1) is 0 Å². The highest BCUT2D eigenvalue weighted by Gasteiger charge is 2.48. The van der Waals surface area contributed by atoms with Gasteiger partial charge in [0, 0.05) is 6.08 Å². The number of aliphatic hydroxyl groups excluding tert-OH is 3. The minimum absolute atomic E-state index is 0.0109. The van der Waals surface area contributed by atoms with E-state index in [0.29, 0.717) is 5.56 Å². The van der Waals surface area contributed by atoms with E-state index in [0.717, 1.165) is 6.08 Å². The lowest BCUT2D eigenvalue weighted by Gasteiger charge is -2.38. The molecule has 10 heteroatoms. The maximum absolute atomic E-state index is 11.1. The Labute approximate surface area is 147 Å². The molecule has 1 heterocycles. The van der Waals surface area contributed by atoms with Crippen LogP contribution in [0.15, 0.2) is 24.3 Å². The number of methoxy groups -OCH3 is 1. The third-order valence-electron chi connectivity index (χ3n) is 3.66. The summed E-state index contributed by atoms with van der Waals surface area (Å²) in [4.78, 5) is 21.7. The van der Waals surface area contributed by atoms with Crippen molar-refractivity contribution in [1.29, 1.82) is 0 Å². The topological polar surface area (TPSA) is 163 Å². The predicted octanol–water partition coefficient (Wildman–Crippen LogP) is -0.936. The Morgan fingerprint density at radius 2 is 1.77 bits per heavy atom. The van der Waals surface area contributed by atoms with Crippen LogP contribution in [0.1, 0.15) is 5.56 Å². The van der Waals surface area contributed by atoms with Gasteiger partial charge in [0.1, 0.15) is 18.3 Å². The molecule has 10 nitrogen and oxygen atoms in total. The van der Waals surface area contributed by atoms with Crippen molar-refractivity contribution in [1.82, 2.24) is 0 Å². The summed E-state index contributed by atoms with van der Waals surface area (Å²) >= 11 is 0. The molecule has 1 aromatic rings. The maximum Gasteiger partial charge on any atom is 0.335 e. The zero-order chi connectivity index (χ0) is 19.4. The first kappa shape index (κ1) is 19.7. The Balaban J connectivity index is 2.28. The van der Waals surface area contributed by atoms with E-state index < -0.39 is 42.6 Å². The van der Waals surface area contributed by atoms with Gasteiger partial charge in [-0.1, -0.05) is 6.07 Å². The van der Waals surface area contributed by atoms with Crippen LogP contribution in [0.5, 0.6) is 11.5 Å². The van der Waals surface area contributed by atoms with Gasteiger partial charge >= 0.3 is 11.9 Å². The van der Waals surface area contributed by atoms with Gasteiger partial charge in [0.2, 0.25) is 6.29 Å². The van der Waals surface area contributed by atoms with Crippen molar-refractivity contribution in [2.24, 2.45) is 0 Å². The Hall–Kier alpha value is -2.66. The lowest BCUT2D eigenvalue weighted by Crippen LogP contribution is -2.61. The minimum atomic E-state index is -1.84. The van der Waals surface area contributed by atoms with Crippen LogP contribution in [-0.2, 0) is 14.3 Å². The molecule has 0 aromatic heterocycles. The molecule has 1 aliphatic rings. The fourth-order valence-corrected chi connectivity index (χ4v) is 2.33. The van der Waals surface area contributed by atoms with E-state index in [2.05, 4.69) is 0 Å². The molecule has 26 heavy (non-hydrogen) atoms. The SMILES string of the molecule is COc1ccc(C=CC(=O)O)cc1OC1OC(C(=O)O)C(O)C(O)C1O. The van der Waals surface area contributed by atoms with E-state index in [1.54, 1.807) is 6.07 Å². The number of benzene rings is 1. The molecular formula is C16H18O10. The number of hydrogen-bond donors (Lipinski definition) is 5. The zero-order valence-electron chi connectivity index (χ0n) is 13.6. The second-order valence-electron chi connectivity index (χ2n) is 5.43. The third kappa shape index (κ3) is 4.29. The van der Waals surface area contributed by atoms with E-state index in [-0.39, 0.29) is 11.5 Å². The van der Waals surface area contributed by atoms with Crippen molar-refractivity contribution < 1.29 is 49.3 Å². The first-order valence-corrected chi connectivity index (χ1v) is 7.42. The maximum atomic E-state index is 11.1. The summed E-state index contributed by atoms with van der Waals surface area (Å²) in [6.07, 6.45) is -6.61. The summed E-state index contributed by atoms with van der Waals surface area (Å²) in [6, 6.07) is 4.38. The fourth-order valence-electron chi connectivity index (χ4n) is 2.33. The second-order valence-corrected chi connectivity index (χ2v) is 5.43. The Morgan fingerprint density at radius 3 is 2.35 bits per heavy atom. The summed E-state index contributed by atoms with van der Waals surface area (Å²) in [7, 11) is 1.34. The van der Waals surface area contributed by atoms with Gasteiger partial charge in [0.15, 0.2) is 17.6 Å². The second kappa shape index (κ2) is 8.15. The van der Waals surface area contributed by atoms with Gasteiger partial charge in [-0.2, -0.15) is 0 Å². The molecule has 5 unspecified atom stereocenters. The van der Waals surface area contributed by atoms with Crippen molar-refractivity contribution in [2.75, 3.05) is 7.11 Å². The molecule has 0 amide bonds. The summed E-state index contributed by atoms with van der Waals surface area (Å²) in [6.45, 7) is 0. The molecule has 2 rings (SSSR count). The van der Waals surface area contributed by atoms with E-state index in [9.17, 15) is 24.9 Å². The van der Waals surface area contributed by atoms with Crippen LogP contribution in [0.3, 0.4) is 0 Å². The van der Waals surface area contributed by atoms with Crippen molar-refractivity contribution in [3.05, 3.63) is 29.8 Å². The van der Waals surface area contributed by atoms with Crippen LogP contribution < -0.4 is 9.47 Å². The lowest BCUT2D eigenvalue weighted by molar-refractivity contribution is -0.271. The first-order chi connectivity index (χ1) is 12.2. The predicted molar refractivity (Wildman–Crippen MR) is 84.6 cm³/mol. The van der Waals surface area contributed by atoms with Gasteiger partial charge in [-0.15, -0.1) is 0 Å². The molecule has 1 saturated heterocycles. The van der Waals surface area contributed by atoms with Gasteiger partial charge < -0.3 is 39.7 Å². The number of carboxylic acids is 2. The monoisotopic (exact) mass is 370 g/mol. The summed E-state index contributed by atoms with van der Waals surface area (Å²) in [5.41, 5.74) is 0.420. The van der Waals surface area contributed by atoms with E-state index in [1.165, 1.54) is 25.3 Å². The average Bonchev–Trinajstić information content (AvgIpc) is 2.60. The molecule has 5 N–H and O–H groups in total. The molecule has 0 saturated carbocycles. The quantitative estimate of drug-likeness (QED) is 0.395. The normalized spacial score (nSPS) is 28.7. The zero-order valence-corrected chi connectivity index (χ0v) is 13.6. The van der Waals surface area contributed by atoms with E-state index in [1.807, 2.05) is 0 Å². The molecule has 0 spiro atoms. The highest BCUT2D eigenvalue weighted by molar-refractivity contribution is 5.85. The minimum Gasteiger partial charge on any atom is -0.493 e. The van der Waals surface area contributed by atoms with Crippen LogP contribution in [-0.4, -0.2) is 75.3 Å². The number of hydrogen-bond acceptors (Lipinski definition) is 8. The molecule has 1 aromatic carbocycles. The smallest absolute Gasteiger partial charge is 0.335 e. The number of ether oxygens (including phenoxy) is 3. The highest BCUT2D eigenvalue weighted by Crippen LogP contribution is 2.32. The van der Waals surface area contributed by atoms with Gasteiger partial charge in [-0.3, -0.25) is 0 Å². The van der Waals surface area contributed by atoms with Crippen molar-refractivity contribution in [2.45, 2.75) is 30.7 Å². The van der Waals surface area contributed by atoms with Crippen LogP contribution in [0.2, 0.25) is 0 Å². The number of carboxylic acid groups (broad SMARTS) is 2. The molecule has 142 valence electrons. The van der Waals surface area contributed by atoms with E-state index in [4.69, 9.17) is 24.4 Å². The molecule has 5 atom stereocenters. The van der Waals surface area contributed by atoms with Crippen molar-refractivity contribution >= 4 is 18.0 Å². The van der Waals surface area contributed by atoms with Gasteiger partial charge in [-0.25, -0.2) is 9.59 Å². The third-order valence-corrected chi connectivity index (χ3v) is 3.66. The van der Waals surface area contributed by atoms with Crippen molar-refractivity contribution in [3.63, 3.8) is 0 Å². The average molecular weight is 370 g/mol. The van der Waals surface area contributed by atoms with Crippen LogP contribution in [0.25, 0.3) is 6.08 Å². The summed E-state index contributed by atoms with van der Waals surface area (Å²) in [5, 5.41) is 47.2. The number of aliphatic carboxylic acids is 2. The Kier molecular flexibility index (Phi) is 6.16. The number of rotatable bonds is 6. The van der Waals surface area contributed by atoms with Crippen LogP contribution in [0.4, 0.5) is 0 Å². The van der Waals surface area contributed by atoms with E-state index >= 15 is 0 Å². The number of carbonyl (C=O) groups is 2. The molecule has 1 aliphatic heterocycles. The fraction of sp³-hybridized carbons (Fsp3) is 0.375. The standard InChI is InChI=1S/C16H18O10/c1-24-8-4-2-7(3-5-10(17)18)6-9(8)25-16-13(21)11(19)12(20)14(26-16)15(22)23/h2-6,11-14,16,19-21H,1H3,(H,17,18)(H,22,23). The van der Waals surface area contributed by atoms with Gasteiger partial charge in [0.25, 0.3) is 0 Å². The highest BCUT2D eigenvalue weighted by atomic mass is 16.7. The lowest BCUT2D eigenvalue weighted by atomic mass is 9.99. The van der Waals surface area contributed by atoms with Gasteiger partial charge in [0.05, 0.1) is 7.11 Å². The van der Waals surface area contributed by atoms with Gasteiger partial charge in [-0.05, 0) is 23.8 Å².